The summed E-state index contributed by atoms with van der Waals surface area (Å²) in [5.74, 6) is 0.647. The SMILES string of the molecule is CC.CC.CC(C)(SS)C1=CCCC=C1.CC1=CC=C(C(C)C)C=CC1. The minimum Gasteiger partial charge on any atom is -0.110 e. The van der Waals surface area contributed by atoms with E-state index in [1.807, 2.05) is 27.7 Å². The monoisotopic (exact) mass is 394 g/mol. The molecule has 150 valence electrons. The van der Waals surface area contributed by atoms with Crippen molar-refractivity contribution in [3.8, 4) is 0 Å². The molecule has 0 heterocycles. The Balaban J connectivity index is 0. The Kier molecular flexibility index (Phi) is 17.6. The molecular formula is C24H42S2. The van der Waals surface area contributed by atoms with Crippen LogP contribution in [0.15, 0.2) is 59.3 Å². The van der Waals surface area contributed by atoms with Crippen LogP contribution in [-0.4, -0.2) is 4.75 Å². The van der Waals surface area contributed by atoms with Crippen molar-refractivity contribution < 1.29 is 0 Å². The zero-order valence-electron chi connectivity index (χ0n) is 18.6. The van der Waals surface area contributed by atoms with Gasteiger partial charge in [-0.1, -0.05) is 100 Å². The zero-order valence-corrected chi connectivity index (χ0v) is 20.3. The van der Waals surface area contributed by atoms with Gasteiger partial charge in [-0.2, -0.15) is 0 Å². The van der Waals surface area contributed by atoms with Crippen LogP contribution in [0.25, 0.3) is 0 Å². The average Bonchev–Trinajstić information content (AvgIpc) is 2.91. The second-order valence-electron chi connectivity index (χ2n) is 6.68. The van der Waals surface area contributed by atoms with E-state index < -0.39 is 0 Å². The van der Waals surface area contributed by atoms with E-state index >= 15 is 0 Å². The second kappa shape index (κ2) is 16.6. The molecule has 0 amide bonds. The van der Waals surface area contributed by atoms with Gasteiger partial charge in [0.05, 0.1) is 0 Å². The van der Waals surface area contributed by atoms with Crippen molar-refractivity contribution >= 4 is 22.5 Å². The smallest absolute Gasteiger partial charge is 0.0449 e. The summed E-state index contributed by atoms with van der Waals surface area (Å²) >= 11 is 4.25. The number of hydrogen-bond donors (Lipinski definition) is 1. The Morgan fingerprint density at radius 3 is 2.04 bits per heavy atom. The average molecular weight is 395 g/mol. The number of hydrogen-bond acceptors (Lipinski definition) is 2. The predicted octanol–water partition coefficient (Wildman–Crippen LogP) is 9.15. The fraction of sp³-hybridized carbons (Fsp3) is 0.583. The molecule has 0 aromatic rings. The van der Waals surface area contributed by atoms with Crippen LogP contribution in [0.2, 0.25) is 0 Å². The zero-order chi connectivity index (χ0) is 20.6. The molecule has 0 saturated carbocycles. The molecule has 0 radical (unpaired) electrons. The minimum absolute atomic E-state index is 0.167. The van der Waals surface area contributed by atoms with Crippen molar-refractivity contribution in [2.24, 2.45) is 5.92 Å². The lowest BCUT2D eigenvalue weighted by Crippen LogP contribution is -2.15. The molecule has 0 saturated heterocycles. The van der Waals surface area contributed by atoms with Crippen molar-refractivity contribution in [3.63, 3.8) is 0 Å². The molecule has 0 aromatic heterocycles. The van der Waals surface area contributed by atoms with Gasteiger partial charge in [0.15, 0.2) is 0 Å². The van der Waals surface area contributed by atoms with E-state index in [1.54, 1.807) is 10.8 Å². The van der Waals surface area contributed by atoms with Gasteiger partial charge < -0.3 is 0 Å². The molecule has 0 bridgehead atoms. The molecule has 2 aliphatic rings. The van der Waals surface area contributed by atoms with Gasteiger partial charge in [0, 0.05) is 4.75 Å². The van der Waals surface area contributed by atoms with Crippen molar-refractivity contribution in [1.29, 1.82) is 0 Å². The van der Waals surface area contributed by atoms with Gasteiger partial charge >= 0.3 is 0 Å². The van der Waals surface area contributed by atoms with Crippen molar-refractivity contribution in [2.45, 2.75) is 86.3 Å². The third kappa shape index (κ3) is 11.9. The number of allylic oxidation sites excluding steroid dienone is 9. The lowest BCUT2D eigenvalue weighted by Gasteiger charge is -2.24. The maximum absolute atomic E-state index is 4.25. The quantitative estimate of drug-likeness (QED) is 0.367. The standard InChI is InChI=1S/C11H16.C9H14S2.2C2H6/c1-9(2)11-6-4-5-10(3)7-8-11;1-9(2,11-10)8-6-4-3-5-7-8;2*1-2/h4,6-9H,5H2,1-3H3;4,6-7,10H,3,5H2,1-2H3;2*1-2H3. The highest BCUT2D eigenvalue weighted by Gasteiger charge is 2.20. The summed E-state index contributed by atoms with van der Waals surface area (Å²) in [6.45, 7) is 19.0. The van der Waals surface area contributed by atoms with Gasteiger partial charge in [-0.3, -0.25) is 0 Å². The molecule has 2 aliphatic carbocycles. The molecule has 0 atom stereocenters. The lowest BCUT2D eigenvalue weighted by atomic mass is 9.96. The summed E-state index contributed by atoms with van der Waals surface area (Å²) in [4.78, 5) is 0. The van der Waals surface area contributed by atoms with Crippen LogP contribution in [0.5, 0.6) is 0 Å². The molecular weight excluding hydrogens is 352 g/mol. The van der Waals surface area contributed by atoms with Crippen LogP contribution in [0, 0.1) is 5.92 Å². The van der Waals surface area contributed by atoms with E-state index in [0.29, 0.717) is 5.92 Å². The topological polar surface area (TPSA) is 0 Å². The van der Waals surface area contributed by atoms with Crippen molar-refractivity contribution in [2.75, 3.05) is 0 Å². The first kappa shape index (κ1) is 27.6. The van der Waals surface area contributed by atoms with Gasteiger partial charge in [0.25, 0.3) is 0 Å². The highest BCUT2D eigenvalue weighted by atomic mass is 33.1. The van der Waals surface area contributed by atoms with Gasteiger partial charge in [0.1, 0.15) is 0 Å². The van der Waals surface area contributed by atoms with Crippen molar-refractivity contribution in [1.82, 2.24) is 0 Å². The Hall–Kier alpha value is -0.600. The van der Waals surface area contributed by atoms with E-state index in [4.69, 9.17) is 0 Å². The van der Waals surface area contributed by atoms with Gasteiger partial charge in [-0.15, -0.1) is 11.7 Å². The Morgan fingerprint density at radius 1 is 0.962 bits per heavy atom. The summed E-state index contributed by atoms with van der Waals surface area (Å²) in [6.07, 6.45) is 19.2. The van der Waals surface area contributed by atoms with Crippen LogP contribution in [-0.2, 0) is 0 Å². The van der Waals surface area contributed by atoms with E-state index in [2.05, 4.69) is 88.8 Å². The molecule has 0 aliphatic heterocycles. The van der Waals surface area contributed by atoms with E-state index in [9.17, 15) is 0 Å². The summed E-state index contributed by atoms with van der Waals surface area (Å²) in [7, 11) is 1.61. The Morgan fingerprint density at radius 2 is 1.58 bits per heavy atom. The highest BCUT2D eigenvalue weighted by molar-refractivity contribution is 8.69. The van der Waals surface area contributed by atoms with E-state index in [-0.39, 0.29) is 4.75 Å². The highest BCUT2D eigenvalue weighted by Crippen LogP contribution is 2.36. The first-order chi connectivity index (χ1) is 12.4. The minimum atomic E-state index is 0.167. The summed E-state index contributed by atoms with van der Waals surface area (Å²) < 4.78 is 0.167. The number of rotatable bonds is 3. The largest absolute Gasteiger partial charge is 0.110 e. The fourth-order valence-electron chi connectivity index (χ4n) is 2.24. The van der Waals surface area contributed by atoms with Gasteiger partial charge in [-0.25, -0.2) is 0 Å². The van der Waals surface area contributed by atoms with Crippen LogP contribution in [0.1, 0.15) is 81.6 Å². The van der Waals surface area contributed by atoms with Crippen LogP contribution in [0.4, 0.5) is 0 Å². The van der Waals surface area contributed by atoms with Crippen LogP contribution < -0.4 is 0 Å². The van der Waals surface area contributed by atoms with E-state index in [0.717, 1.165) is 6.42 Å². The summed E-state index contributed by atoms with van der Waals surface area (Å²) in [5.41, 5.74) is 4.28. The lowest BCUT2D eigenvalue weighted by molar-refractivity contribution is 0.792. The molecule has 0 fully saturated rings. The second-order valence-corrected chi connectivity index (χ2v) is 8.43. The molecule has 26 heavy (non-hydrogen) atoms. The molecule has 0 spiro atoms. The molecule has 0 aromatic carbocycles. The van der Waals surface area contributed by atoms with E-state index in [1.165, 1.54) is 29.6 Å². The summed E-state index contributed by atoms with van der Waals surface area (Å²) in [5, 5.41) is 0. The normalized spacial score (nSPS) is 15.7. The van der Waals surface area contributed by atoms with Gasteiger partial charge in [-0.05, 0) is 57.1 Å². The fourth-order valence-corrected chi connectivity index (χ4v) is 2.81. The van der Waals surface area contributed by atoms with Gasteiger partial charge in [0.2, 0.25) is 0 Å². The Bertz CT molecular complexity index is 500. The molecule has 0 nitrogen and oxygen atoms in total. The predicted molar refractivity (Wildman–Crippen MR) is 130 cm³/mol. The van der Waals surface area contributed by atoms with Crippen LogP contribution in [0.3, 0.4) is 0 Å². The maximum atomic E-state index is 4.25. The molecule has 0 N–H and O–H groups in total. The van der Waals surface area contributed by atoms with Crippen LogP contribution >= 0.6 is 22.5 Å². The molecule has 0 unspecified atom stereocenters. The third-order valence-corrected chi connectivity index (χ3v) is 5.96. The molecule has 2 rings (SSSR count). The van der Waals surface area contributed by atoms with Crippen molar-refractivity contribution in [3.05, 3.63) is 59.3 Å². The first-order valence-corrected chi connectivity index (χ1v) is 12.0. The third-order valence-electron chi connectivity index (χ3n) is 3.90. The first-order valence-electron chi connectivity index (χ1n) is 10.1. The Labute approximate surface area is 173 Å². The summed E-state index contributed by atoms with van der Waals surface area (Å²) in [6, 6.07) is 0. The number of thiol groups is 1. The molecule has 2 heteroatoms. The maximum Gasteiger partial charge on any atom is 0.0449 e.